The summed E-state index contributed by atoms with van der Waals surface area (Å²) in [6.07, 6.45) is 10.0. The molecule has 4 N–H and O–H groups in total. The van der Waals surface area contributed by atoms with Gasteiger partial charge in [0.25, 0.3) is 0 Å². The molecule has 0 spiro atoms. The van der Waals surface area contributed by atoms with Gasteiger partial charge in [0, 0.05) is 25.2 Å². The highest BCUT2D eigenvalue weighted by molar-refractivity contribution is 5.73. The first-order valence-corrected chi connectivity index (χ1v) is 7.31. The molecule has 19 heavy (non-hydrogen) atoms. The molecule has 1 aliphatic heterocycles. The molecule has 1 unspecified atom stereocenters. The minimum atomic E-state index is -0.615. The SMILES string of the molecule is CN(C)CCNC1=CC=NC(N)(C2CCCCC2)N1. The Kier molecular flexibility index (Phi) is 4.82. The molecule has 0 bridgehead atoms. The average Bonchev–Trinajstić information content (AvgIpc) is 2.39. The molecule has 0 aromatic rings. The standard InChI is InChI=1S/C14H27N5/c1-19(2)11-10-16-13-8-9-17-14(15,18-13)12-6-4-3-5-7-12/h8-9,12,16,18H,3-7,10-11,15H2,1-2H3. The molecule has 1 heterocycles. The highest BCUT2D eigenvalue weighted by Crippen LogP contribution is 2.31. The number of hydrogen-bond acceptors (Lipinski definition) is 5. The Labute approximate surface area is 116 Å². The molecule has 0 radical (unpaired) electrons. The maximum atomic E-state index is 6.46. The van der Waals surface area contributed by atoms with E-state index in [1.807, 2.05) is 12.3 Å². The summed E-state index contributed by atoms with van der Waals surface area (Å²) in [5.74, 6) is 0.817. The zero-order valence-corrected chi connectivity index (χ0v) is 12.2. The van der Waals surface area contributed by atoms with Crippen LogP contribution in [-0.2, 0) is 0 Å². The normalized spacial score (nSPS) is 28.1. The minimum absolute atomic E-state index is 0.442. The van der Waals surface area contributed by atoms with Gasteiger partial charge in [-0.3, -0.25) is 10.7 Å². The van der Waals surface area contributed by atoms with Crippen LogP contribution in [0.25, 0.3) is 0 Å². The monoisotopic (exact) mass is 265 g/mol. The van der Waals surface area contributed by atoms with Crippen molar-refractivity contribution in [1.82, 2.24) is 15.5 Å². The molecular formula is C14H27N5. The fourth-order valence-corrected chi connectivity index (χ4v) is 2.79. The third-order valence-corrected chi connectivity index (χ3v) is 3.97. The Balaban J connectivity index is 1.88. The lowest BCUT2D eigenvalue weighted by molar-refractivity contribution is 0.181. The zero-order chi connectivity index (χ0) is 13.7. The van der Waals surface area contributed by atoms with Crippen molar-refractivity contribution in [3.8, 4) is 0 Å². The first kappa shape index (κ1) is 14.3. The van der Waals surface area contributed by atoms with Gasteiger partial charge in [0.15, 0.2) is 5.79 Å². The van der Waals surface area contributed by atoms with Crippen LogP contribution in [0.5, 0.6) is 0 Å². The van der Waals surface area contributed by atoms with Gasteiger partial charge < -0.3 is 15.5 Å². The van der Waals surface area contributed by atoms with Gasteiger partial charge in [-0.15, -0.1) is 0 Å². The number of allylic oxidation sites excluding steroid dienone is 1. The Morgan fingerprint density at radius 3 is 2.84 bits per heavy atom. The van der Waals surface area contributed by atoms with Gasteiger partial charge in [-0.2, -0.15) is 0 Å². The molecule has 0 aromatic carbocycles. The lowest BCUT2D eigenvalue weighted by Crippen LogP contribution is -2.60. The van der Waals surface area contributed by atoms with E-state index in [-0.39, 0.29) is 0 Å². The van der Waals surface area contributed by atoms with Gasteiger partial charge in [-0.25, -0.2) is 0 Å². The summed E-state index contributed by atoms with van der Waals surface area (Å²) < 4.78 is 0. The summed E-state index contributed by atoms with van der Waals surface area (Å²) in [4.78, 5) is 6.65. The summed E-state index contributed by atoms with van der Waals surface area (Å²) in [6, 6.07) is 0. The van der Waals surface area contributed by atoms with Gasteiger partial charge in [-0.1, -0.05) is 19.3 Å². The van der Waals surface area contributed by atoms with Gasteiger partial charge in [-0.05, 0) is 33.0 Å². The van der Waals surface area contributed by atoms with E-state index < -0.39 is 5.79 Å². The maximum absolute atomic E-state index is 6.46. The topological polar surface area (TPSA) is 65.7 Å². The second kappa shape index (κ2) is 6.39. The summed E-state index contributed by atoms with van der Waals surface area (Å²) in [5, 5.41) is 6.77. The highest BCUT2D eigenvalue weighted by atomic mass is 15.3. The van der Waals surface area contributed by atoms with Gasteiger partial charge in [0.1, 0.15) is 5.82 Å². The van der Waals surface area contributed by atoms with Crippen LogP contribution in [-0.4, -0.2) is 44.1 Å². The first-order valence-electron chi connectivity index (χ1n) is 7.31. The van der Waals surface area contributed by atoms with E-state index >= 15 is 0 Å². The number of hydrogen-bond donors (Lipinski definition) is 3. The highest BCUT2D eigenvalue weighted by Gasteiger charge is 2.36. The lowest BCUT2D eigenvalue weighted by Gasteiger charge is -2.39. The molecule has 1 saturated carbocycles. The van der Waals surface area contributed by atoms with Crippen molar-refractivity contribution in [2.75, 3.05) is 27.2 Å². The van der Waals surface area contributed by atoms with E-state index in [1.54, 1.807) is 0 Å². The van der Waals surface area contributed by atoms with Crippen molar-refractivity contribution in [2.45, 2.75) is 37.9 Å². The number of aliphatic imine (C=N–C) groups is 1. The molecular weight excluding hydrogens is 238 g/mol. The fraction of sp³-hybridized carbons (Fsp3) is 0.786. The summed E-state index contributed by atoms with van der Waals surface area (Å²) >= 11 is 0. The molecule has 1 fully saturated rings. The number of nitrogens with zero attached hydrogens (tertiary/aromatic N) is 2. The summed E-state index contributed by atoms with van der Waals surface area (Å²) in [5.41, 5.74) is 6.46. The largest absolute Gasteiger partial charge is 0.370 e. The van der Waals surface area contributed by atoms with Crippen LogP contribution in [0.2, 0.25) is 0 Å². The third kappa shape index (κ3) is 3.94. The predicted molar refractivity (Wildman–Crippen MR) is 79.8 cm³/mol. The molecule has 5 nitrogen and oxygen atoms in total. The molecule has 1 aliphatic carbocycles. The molecule has 0 aromatic heterocycles. The average molecular weight is 265 g/mol. The number of nitrogens with two attached hydrogens (primary N) is 1. The van der Waals surface area contributed by atoms with E-state index in [9.17, 15) is 0 Å². The second-order valence-corrected chi connectivity index (χ2v) is 5.87. The maximum Gasteiger partial charge on any atom is 0.186 e. The Morgan fingerprint density at radius 1 is 1.42 bits per heavy atom. The molecule has 1 atom stereocenters. The number of rotatable bonds is 5. The van der Waals surface area contributed by atoms with E-state index in [0.717, 1.165) is 18.9 Å². The Bertz CT molecular complexity index is 344. The van der Waals surface area contributed by atoms with Crippen molar-refractivity contribution in [3.05, 3.63) is 11.9 Å². The van der Waals surface area contributed by atoms with Crippen molar-refractivity contribution in [1.29, 1.82) is 0 Å². The Hall–Kier alpha value is -1.07. The van der Waals surface area contributed by atoms with E-state index in [1.165, 1.54) is 32.1 Å². The van der Waals surface area contributed by atoms with E-state index in [2.05, 4.69) is 34.6 Å². The fourth-order valence-electron chi connectivity index (χ4n) is 2.79. The smallest absolute Gasteiger partial charge is 0.186 e. The van der Waals surface area contributed by atoms with Crippen molar-refractivity contribution in [2.24, 2.45) is 16.6 Å². The molecule has 0 amide bonds. The van der Waals surface area contributed by atoms with E-state index in [4.69, 9.17) is 5.73 Å². The van der Waals surface area contributed by atoms with Crippen molar-refractivity contribution in [3.63, 3.8) is 0 Å². The van der Waals surface area contributed by atoms with Crippen LogP contribution in [0.4, 0.5) is 0 Å². The molecule has 5 heteroatoms. The predicted octanol–water partition coefficient (Wildman–Crippen LogP) is 0.846. The zero-order valence-electron chi connectivity index (χ0n) is 12.2. The van der Waals surface area contributed by atoms with Crippen molar-refractivity contribution >= 4 is 6.21 Å². The van der Waals surface area contributed by atoms with Crippen LogP contribution in [0.3, 0.4) is 0 Å². The van der Waals surface area contributed by atoms with Crippen molar-refractivity contribution < 1.29 is 0 Å². The lowest BCUT2D eigenvalue weighted by atomic mass is 9.84. The molecule has 0 saturated heterocycles. The van der Waals surface area contributed by atoms with Crippen LogP contribution in [0.1, 0.15) is 32.1 Å². The minimum Gasteiger partial charge on any atom is -0.370 e. The quantitative estimate of drug-likeness (QED) is 0.689. The molecule has 108 valence electrons. The van der Waals surface area contributed by atoms with E-state index in [0.29, 0.717) is 5.92 Å². The van der Waals surface area contributed by atoms with Crippen LogP contribution >= 0.6 is 0 Å². The Morgan fingerprint density at radius 2 is 2.16 bits per heavy atom. The number of likely N-dealkylation sites (N-methyl/N-ethyl adjacent to an activating group) is 1. The molecule has 2 aliphatic rings. The van der Waals surface area contributed by atoms with Crippen LogP contribution in [0, 0.1) is 5.92 Å². The van der Waals surface area contributed by atoms with Gasteiger partial charge in [0.05, 0.1) is 0 Å². The molecule has 2 rings (SSSR count). The van der Waals surface area contributed by atoms with Gasteiger partial charge in [0.2, 0.25) is 0 Å². The van der Waals surface area contributed by atoms with Crippen LogP contribution in [0.15, 0.2) is 16.9 Å². The first-order chi connectivity index (χ1) is 9.10. The number of nitrogens with one attached hydrogen (secondary N) is 2. The second-order valence-electron chi connectivity index (χ2n) is 5.87. The third-order valence-electron chi connectivity index (χ3n) is 3.97. The van der Waals surface area contributed by atoms with Crippen LogP contribution < -0.4 is 16.4 Å². The van der Waals surface area contributed by atoms with Gasteiger partial charge >= 0.3 is 0 Å². The summed E-state index contributed by atoms with van der Waals surface area (Å²) in [6.45, 7) is 1.90. The summed E-state index contributed by atoms with van der Waals surface area (Å²) in [7, 11) is 4.14.